The van der Waals surface area contributed by atoms with E-state index in [1.54, 1.807) is 0 Å². The van der Waals surface area contributed by atoms with Gasteiger partial charge >= 0.3 is 0 Å². The van der Waals surface area contributed by atoms with Gasteiger partial charge in [0.2, 0.25) is 0 Å². The molecule has 0 aliphatic heterocycles. The van der Waals surface area contributed by atoms with Crippen molar-refractivity contribution >= 4 is 21.7 Å². The Balaban J connectivity index is 1.90. The normalized spacial score (nSPS) is 10.6. The molecule has 0 unspecified atom stereocenters. The zero-order valence-corrected chi connectivity index (χ0v) is 13.2. The average Bonchev–Trinajstić information content (AvgIpc) is 2.42. The fraction of sp³-hybridized carbons (Fsp3) is 0.235. The highest BCUT2D eigenvalue weighted by Crippen LogP contribution is 2.13. The number of carbonyl (C=O) groups is 1. The number of rotatable bonds is 5. The Hall–Kier alpha value is -1.45. The predicted molar refractivity (Wildman–Crippen MR) is 84.0 cm³/mol. The molecular weight excluding hydrogens is 316 g/mol. The fourth-order valence-electron chi connectivity index (χ4n) is 1.89. The molecule has 0 saturated carbocycles. The van der Waals surface area contributed by atoms with E-state index < -0.39 is 0 Å². The molecule has 0 spiro atoms. The Morgan fingerprint density at radius 3 is 2.60 bits per heavy atom. The highest BCUT2D eigenvalue weighted by molar-refractivity contribution is 9.10. The van der Waals surface area contributed by atoms with Crippen molar-refractivity contribution in [2.45, 2.75) is 20.5 Å². The molecule has 0 atom stereocenters. The maximum atomic E-state index is 12.0. The lowest BCUT2D eigenvalue weighted by molar-refractivity contribution is 0.0726. The first-order chi connectivity index (χ1) is 9.56. The number of ether oxygens (including phenoxy) is 1. The van der Waals surface area contributed by atoms with Crippen LogP contribution < -0.4 is 0 Å². The molecule has 2 aromatic rings. The lowest BCUT2D eigenvalue weighted by atomic mass is 10.0. The Kier molecular flexibility index (Phi) is 5.10. The largest absolute Gasteiger partial charge is 0.369 e. The van der Waals surface area contributed by atoms with Gasteiger partial charge in [0.1, 0.15) is 6.61 Å². The van der Waals surface area contributed by atoms with Gasteiger partial charge in [-0.3, -0.25) is 4.79 Å². The summed E-state index contributed by atoms with van der Waals surface area (Å²) < 4.78 is 6.50. The molecule has 2 rings (SSSR count). The Bertz CT molecular complexity index is 620. The van der Waals surface area contributed by atoms with Crippen LogP contribution in [0.4, 0.5) is 0 Å². The third-order valence-electron chi connectivity index (χ3n) is 3.22. The van der Waals surface area contributed by atoms with Crippen molar-refractivity contribution in [3.8, 4) is 0 Å². The second-order valence-corrected chi connectivity index (χ2v) is 5.76. The Morgan fingerprint density at radius 1 is 1.10 bits per heavy atom. The molecular formula is C17H17BrO2. The van der Waals surface area contributed by atoms with Crippen molar-refractivity contribution in [2.75, 3.05) is 6.61 Å². The van der Waals surface area contributed by atoms with Crippen molar-refractivity contribution in [2.24, 2.45) is 0 Å². The molecule has 20 heavy (non-hydrogen) atoms. The minimum atomic E-state index is 0.0168. The lowest BCUT2D eigenvalue weighted by Crippen LogP contribution is -2.09. The maximum absolute atomic E-state index is 12.0. The number of carbonyl (C=O) groups excluding carboxylic acids is 1. The van der Waals surface area contributed by atoms with E-state index in [0.717, 1.165) is 15.6 Å². The molecule has 2 nitrogen and oxygen atoms in total. The first kappa shape index (κ1) is 14.9. The molecule has 0 radical (unpaired) electrons. The molecule has 0 fully saturated rings. The van der Waals surface area contributed by atoms with Crippen LogP contribution in [-0.2, 0) is 11.3 Å². The third-order valence-corrected chi connectivity index (χ3v) is 3.71. The van der Waals surface area contributed by atoms with Crippen LogP contribution in [0.3, 0.4) is 0 Å². The minimum Gasteiger partial charge on any atom is -0.369 e. The van der Waals surface area contributed by atoms with Gasteiger partial charge in [-0.2, -0.15) is 0 Å². The van der Waals surface area contributed by atoms with Crippen molar-refractivity contribution in [3.05, 3.63) is 69.2 Å². The summed E-state index contributed by atoms with van der Waals surface area (Å²) >= 11 is 3.41. The van der Waals surface area contributed by atoms with E-state index in [-0.39, 0.29) is 12.4 Å². The van der Waals surface area contributed by atoms with Gasteiger partial charge in [-0.25, -0.2) is 0 Å². The number of halogens is 1. The fourth-order valence-corrected chi connectivity index (χ4v) is 2.33. The van der Waals surface area contributed by atoms with E-state index in [4.69, 9.17) is 4.74 Å². The van der Waals surface area contributed by atoms with Gasteiger partial charge in [-0.05, 0) is 48.7 Å². The quantitative estimate of drug-likeness (QED) is 0.755. The number of aryl methyl sites for hydroxylation is 2. The number of ketones is 1. The maximum Gasteiger partial charge on any atom is 0.188 e. The summed E-state index contributed by atoms with van der Waals surface area (Å²) in [6.07, 6.45) is 0. The van der Waals surface area contributed by atoms with Crippen molar-refractivity contribution in [1.82, 2.24) is 0 Å². The molecule has 0 heterocycles. The van der Waals surface area contributed by atoms with Crippen LogP contribution in [-0.4, -0.2) is 12.4 Å². The van der Waals surface area contributed by atoms with Crippen LogP contribution >= 0.6 is 15.9 Å². The number of benzene rings is 2. The predicted octanol–water partition coefficient (Wildman–Crippen LogP) is 4.47. The topological polar surface area (TPSA) is 26.3 Å². The second kappa shape index (κ2) is 6.82. The lowest BCUT2D eigenvalue weighted by Gasteiger charge is -2.06. The zero-order chi connectivity index (χ0) is 14.5. The molecule has 104 valence electrons. The minimum absolute atomic E-state index is 0.0168. The summed E-state index contributed by atoms with van der Waals surface area (Å²) in [5, 5.41) is 0. The molecule has 0 amide bonds. The van der Waals surface area contributed by atoms with Gasteiger partial charge in [-0.15, -0.1) is 0 Å². The first-order valence-electron chi connectivity index (χ1n) is 6.49. The summed E-state index contributed by atoms with van der Waals surface area (Å²) in [5.41, 5.74) is 4.08. The van der Waals surface area contributed by atoms with Crippen molar-refractivity contribution < 1.29 is 9.53 Å². The van der Waals surface area contributed by atoms with Gasteiger partial charge in [0, 0.05) is 10.0 Å². The molecule has 0 aromatic heterocycles. The Morgan fingerprint density at radius 2 is 1.90 bits per heavy atom. The molecule has 0 aliphatic carbocycles. The van der Waals surface area contributed by atoms with Crippen molar-refractivity contribution in [3.63, 3.8) is 0 Å². The zero-order valence-electron chi connectivity index (χ0n) is 11.7. The van der Waals surface area contributed by atoms with Gasteiger partial charge < -0.3 is 4.74 Å². The van der Waals surface area contributed by atoms with Gasteiger partial charge in [0.05, 0.1) is 6.61 Å². The van der Waals surface area contributed by atoms with Gasteiger partial charge in [0.15, 0.2) is 5.78 Å². The monoisotopic (exact) mass is 332 g/mol. The van der Waals surface area contributed by atoms with E-state index in [9.17, 15) is 4.79 Å². The van der Waals surface area contributed by atoms with Crippen LogP contribution in [0, 0.1) is 13.8 Å². The summed E-state index contributed by atoms with van der Waals surface area (Å²) in [6.45, 7) is 4.59. The molecule has 2 aromatic carbocycles. The van der Waals surface area contributed by atoms with Crippen LogP contribution in [0.2, 0.25) is 0 Å². The summed E-state index contributed by atoms with van der Waals surface area (Å²) in [5.74, 6) is 0.0168. The number of Topliss-reactive ketones (excluding diaryl/α,β-unsaturated/α-hetero) is 1. The standard InChI is InChI=1S/C17H17BrO2/c1-12-6-7-15(8-13(12)2)17(19)11-20-10-14-4-3-5-16(18)9-14/h3-9H,10-11H2,1-2H3. The molecule has 0 saturated heterocycles. The highest BCUT2D eigenvalue weighted by atomic mass is 79.9. The van der Waals surface area contributed by atoms with Crippen LogP contribution in [0.15, 0.2) is 46.9 Å². The summed E-state index contributed by atoms with van der Waals surface area (Å²) in [6, 6.07) is 13.6. The highest BCUT2D eigenvalue weighted by Gasteiger charge is 2.07. The molecule has 0 bridgehead atoms. The molecule has 3 heteroatoms. The van der Waals surface area contributed by atoms with Crippen LogP contribution in [0.1, 0.15) is 27.0 Å². The van der Waals surface area contributed by atoms with E-state index in [0.29, 0.717) is 12.2 Å². The number of hydrogen-bond donors (Lipinski definition) is 0. The van der Waals surface area contributed by atoms with E-state index in [1.807, 2.05) is 56.3 Å². The van der Waals surface area contributed by atoms with E-state index >= 15 is 0 Å². The van der Waals surface area contributed by atoms with Gasteiger partial charge in [-0.1, -0.05) is 40.2 Å². The SMILES string of the molecule is Cc1ccc(C(=O)COCc2cccc(Br)c2)cc1C. The van der Waals surface area contributed by atoms with Crippen LogP contribution in [0.5, 0.6) is 0 Å². The average molecular weight is 333 g/mol. The summed E-state index contributed by atoms with van der Waals surface area (Å²) in [7, 11) is 0. The third kappa shape index (κ3) is 4.02. The van der Waals surface area contributed by atoms with E-state index in [1.165, 1.54) is 5.56 Å². The molecule has 0 N–H and O–H groups in total. The molecule has 0 aliphatic rings. The van der Waals surface area contributed by atoms with Gasteiger partial charge in [0.25, 0.3) is 0 Å². The Labute approximate surface area is 127 Å². The van der Waals surface area contributed by atoms with E-state index in [2.05, 4.69) is 15.9 Å². The second-order valence-electron chi connectivity index (χ2n) is 4.84. The smallest absolute Gasteiger partial charge is 0.188 e. The van der Waals surface area contributed by atoms with Crippen LogP contribution in [0.25, 0.3) is 0 Å². The first-order valence-corrected chi connectivity index (χ1v) is 7.28. The number of hydrogen-bond acceptors (Lipinski definition) is 2. The summed E-state index contributed by atoms with van der Waals surface area (Å²) in [4.78, 5) is 12.0. The van der Waals surface area contributed by atoms with Crippen molar-refractivity contribution in [1.29, 1.82) is 0 Å².